The summed E-state index contributed by atoms with van der Waals surface area (Å²) in [4.78, 5) is 27.2. The van der Waals surface area contributed by atoms with Gasteiger partial charge < -0.3 is 29.0 Å². The van der Waals surface area contributed by atoms with Crippen LogP contribution in [0.5, 0.6) is 23.0 Å². The molecule has 1 N–H and O–H groups in total. The predicted octanol–water partition coefficient (Wildman–Crippen LogP) is 3.93. The fraction of sp³-hybridized carbons (Fsp3) is 0.286. The first-order valence-electron chi connectivity index (χ1n) is 12.0. The van der Waals surface area contributed by atoms with Crippen LogP contribution in [0.2, 0.25) is 0 Å². The number of carboxylic acid groups (broad SMARTS) is 1. The molecule has 0 bridgehead atoms. The molecule has 3 aliphatic heterocycles. The van der Waals surface area contributed by atoms with Crippen molar-refractivity contribution in [3.05, 3.63) is 77.4 Å². The molecule has 0 saturated carbocycles. The van der Waals surface area contributed by atoms with Crippen molar-refractivity contribution in [2.24, 2.45) is 0 Å². The number of fused-ring (bicyclic) bond motifs is 5. The van der Waals surface area contributed by atoms with E-state index in [1.54, 1.807) is 24.0 Å². The molecule has 0 aliphatic carbocycles. The Morgan fingerprint density at radius 3 is 2.44 bits per heavy atom. The summed E-state index contributed by atoms with van der Waals surface area (Å²) in [7, 11) is 0. The van der Waals surface area contributed by atoms with E-state index in [0.29, 0.717) is 49.2 Å². The quantitative estimate of drug-likeness (QED) is 0.563. The lowest BCUT2D eigenvalue weighted by molar-refractivity contribution is -0.145. The van der Waals surface area contributed by atoms with E-state index < -0.39 is 17.5 Å². The van der Waals surface area contributed by atoms with E-state index in [4.69, 9.17) is 18.9 Å². The van der Waals surface area contributed by atoms with Gasteiger partial charge >= 0.3 is 5.97 Å². The molecule has 8 nitrogen and oxygen atoms in total. The summed E-state index contributed by atoms with van der Waals surface area (Å²) < 4.78 is 23.1. The van der Waals surface area contributed by atoms with Crippen LogP contribution in [0, 0.1) is 0 Å². The maximum Gasteiger partial charge on any atom is 0.344 e. The van der Waals surface area contributed by atoms with Crippen molar-refractivity contribution >= 4 is 17.6 Å². The molecule has 184 valence electrons. The van der Waals surface area contributed by atoms with Gasteiger partial charge in [0.05, 0.1) is 6.54 Å². The second-order valence-corrected chi connectivity index (χ2v) is 9.09. The van der Waals surface area contributed by atoms with Gasteiger partial charge in [0.2, 0.25) is 5.91 Å². The van der Waals surface area contributed by atoms with Gasteiger partial charge in [0.1, 0.15) is 36.7 Å². The van der Waals surface area contributed by atoms with Crippen LogP contribution in [-0.4, -0.2) is 42.9 Å². The molecule has 36 heavy (non-hydrogen) atoms. The molecular formula is C28H25NO7. The molecule has 1 spiro atoms. The summed E-state index contributed by atoms with van der Waals surface area (Å²) in [6.07, 6.45) is -0.535. The number of hydrogen-bond acceptors (Lipinski definition) is 6. The van der Waals surface area contributed by atoms with Crippen LogP contribution in [0.4, 0.5) is 5.69 Å². The number of amides is 1. The van der Waals surface area contributed by atoms with Crippen molar-refractivity contribution in [1.29, 1.82) is 0 Å². The Hall–Kier alpha value is -4.20. The molecule has 3 aromatic rings. The topological polar surface area (TPSA) is 94.5 Å². The van der Waals surface area contributed by atoms with E-state index in [2.05, 4.69) is 0 Å². The van der Waals surface area contributed by atoms with Gasteiger partial charge in [-0.1, -0.05) is 37.3 Å². The van der Waals surface area contributed by atoms with Crippen LogP contribution in [-0.2, 0) is 21.5 Å². The van der Waals surface area contributed by atoms with Gasteiger partial charge in [-0.15, -0.1) is 0 Å². The summed E-state index contributed by atoms with van der Waals surface area (Å²) in [5.41, 5.74) is 2.46. The van der Waals surface area contributed by atoms with Crippen LogP contribution in [0.3, 0.4) is 0 Å². The minimum Gasteiger partial charge on any atom is -0.491 e. The van der Waals surface area contributed by atoms with Crippen LogP contribution >= 0.6 is 0 Å². The average Bonchev–Trinajstić information content (AvgIpc) is 3.38. The van der Waals surface area contributed by atoms with E-state index in [1.165, 1.54) is 0 Å². The van der Waals surface area contributed by atoms with Crippen molar-refractivity contribution in [3.8, 4) is 23.0 Å². The molecule has 3 aliphatic rings. The first-order valence-corrected chi connectivity index (χ1v) is 12.0. The van der Waals surface area contributed by atoms with Crippen molar-refractivity contribution < 1.29 is 33.6 Å². The van der Waals surface area contributed by atoms with Gasteiger partial charge in [-0.3, -0.25) is 4.79 Å². The van der Waals surface area contributed by atoms with Crippen LogP contribution in [0.25, 0.3) is 0 Å². The van der Waals surface area contributed by atoms with Gasteiger partial charge in [0.15, 0.2) is 17.6 Å². The highest BCUT2D eigenvalue weighted by Gasteiger charge is 2.57. The summed E-state index contributed by atoms with van der Waals surface area (Å²) in [6, 6.07) is 18.7. The number of hydrogen-bond donors (Lipinski definition) is 1. The van der Waals surface area contributed by atoms with Crippen molar-refractivity contribution in [2.45, 2.75) is 31.4 Å². The second-order valence-electron chi connectivity index (χ2n) is 9.09. The zero-order valence-electron chi connectivity index (χ0n) is 19.7. The third-order valence-corrected chi connectivity index (χ3v) is 7.00. The number of aliphatic carboxylic acids is 1. The van der Waals surface area contributed by atoms with Gasteiger partial charge in [-0.05, 0) is 41.8 Å². The van der Waals surface area contributed by atoms with E-state index in [-0.39, 0.29) is 12.5 Å². The van der Waals surface area contributed by atoms with Crippen LogP contribution in [0.1, 0.15) is 30.0 Å². The standard InChI is InChI=1S/C28H25NO7/c1-2-22(26(30)31)36-18-9-7-17(8-10-18)15-29-21-6-4-3-5-19(21)28(27(29)32)16-35-23-14-25-24(13-20(23)28)33-11-12-34-25/h3-10,13-14,22H,2,11-12,15-16H2,1H3,(H,30,31). The molecule has 3 heterocycles. The minimum atomic E-state index is -0.997. The number of carboxylic acids is 1. The number of ether oxygens (including phenoxy) is 4. The lowest BCUT2D eigenvalue weighted by atomic mass is 9.77. The predicted molar refractivity (Wildman–Crippen MR) is 130 cm³/mol. The molecule has 0 saturated heterocycles. The van der Waals surface area contributed by atoms with Gasteiger partial charge in [0, 0.05) is 17.3 Å². The van der Waals surface area contributed by atoms with E-state index in [0.717, 1.165) is 22.4 Å². The highest BCUT2D eigenvalue weighted by atomic mass is 16.6. The largest absolute Gasteiger partial charge is 0.491 e. The SMILES string of the molecule is CCC(Oc1ccc(CN2C(=O)C3(COc4cc5c(cc43)OCCO5)c3ccccc32)cc1)C(=O)O. The Morgan fingerprint density at radius 2 is 1.72 bits per heavy atom. The zero-order valence-corrected chi connectivity index (χ0v) is 19.7. The first-order chi connectivity index (χ1) is 17.5. The number of para-hydroxylation sites is 1. The highest BCUT2D eigenvalue weighted by molar-refractivity contribution is 6.11. The Kier molecular flexibility index (Phi) is 5.25. The summed E-state index contributed by atoms with van der Waals surface area (Å²) in [5, 5.41) is 9.24. The molecule has 3 aromatic carbocycles. The fourth-order valence-electron chi connectivity index (χ4n) is 5.20. The number of nitrogens with zero attached hydrogens (tertiary/aromatic N) is 1. The molecule has 0 aromatic heterocycles. The first kappa shape index (κ1) is 22.3. The molecule has 0 radical (unpaired) electrons. The lowest BCUT2D eigenvalue weighted by Gasteiger charge is -2.24. The Labute approximate surface area is 208 Å². The fourth-order valence-corrected chi connectivity index (χ4v) is 5.20. The van der Waals surface area contributed by atoms with Gasteiger partial charge in [-0.2, -0.15) is 0 Å². The Balaban J connectivity index is 1.32. The van der Waals surface area contributed by atoms with Crippen LogP contribution in [0.15, 0.2) is 60.7 Å². The number of benzene rings is 3. The zero-order chi connectivity index (χ0) is 24.9. The summed E-state index contributed by atoms with van der Waals surface area (Å²) >= 11 is 0. The number of carbonyl (C=O) groups excluding carboxylic acids is 1. The average molecular weight is 488 g/mol. The Bertz CT molecular complexity index is 1350. The molecule has 2 atom stereocenters. The van der Waals surface area contributed by atoms with E-state index in [9.17, 15) is 14.7 Å². The number of carbonyl (C=O) groups is 2. The highest BCUT2D eigenvalue weighted by Crippen LogP contribution is 2.55. The minimum absolute atomic E-state index is 0.0589. The van der Waals surface area contributed by atoms with Crippen molar-refractivity contribution in [1.82, 2.24) is 0 Å². The van der Waals surface area contributed by atoms with Gasteiger partial charge in [0.25, 0.3) is 0 Å². The normalized spacial score (nSPS) is 20.0. The monoisotopic (exact) mass is 487 g/mol. The number of rotatable bonds is 6. The third-order valence-electron chi connectivity index (χ3n) is 7.00. The Morgan fingerprint density at radius 1 is 1.00 bits per heavy atom. The smallest absolute Gasteiger partial charge is 0.344 e. The molecular weight excluding hydrogens is 462 g/mol. The summed E-state index contributed by atoms with van der Waals surface area (Å²) in [6.45, 7) is 3.26. The van der Waals surface area contributed by atoms with Crippen LogP contribution < -0.4 is 23.8 Å². The molecule has 0 fully saturated rings. The molecule has 6 rings (SSSR count). The van der Waals surface area contributed by atoms with E-state index in [1.807, 2.05) is 48.5 Å². The third kappa shape index (κ3) is 3.36. The maximum atomic E-state index is 14.1. The molecule has 1 amide bonds. The van der Waals surface area contributed by atoms with Crippen molar-refractivity contribution in [3.63, 3.8) is 0 Å². The van der Waals surface area contributed by atoms with E-state index >= 15 is 0 Å². The maximum absolute atomic E-state index is 14.1. The van der Waals surface area contributed by atoms with Crippen molar-refractivity contribution in [2.75, 3.05) is 24.7 Å². The molecule has 8 heteroatoms. The van der Waals surface area contributed by atoms with Gasteiger partial charge in [-0.25, -0.2) is 4.79 Å². The molecule has 2 unspecified atom stereocenters. The number of anilines is 1. The second kappa shape index (κ2) is 8.48. The summed E-state index contributed by atoms with van der Waals surface area (Å²) in [5.74, 6) is 1.30. The lowest BCUT2D eigenvalue weighted by Crippen LogP contribution is -2.42.